The Hall–Kier alpha value is -3.67. The van der Waals surface area contributed by atoms with E-state index in [2.05, 4.69) is 0 Å². The number of fused-ring (bicyclic) bond motifs is 1. The first-order valence-corrected chi connectivity index (χ1v) is 8.24. The highest BCUT2D eigenvalue weighted by Crippen LogP contribution is 2.35. The topological polar surface area (TPSA) is 89.7 Å². The van der Waals surface area contributed by atoms with Gasteiger partial charge in [-0.1, -0.05) is 24.3 Å². The molecule has 0 saturated heterocycles. The molecule has 0 saturated carbocycles. The van der Waals surface area contributed by atoms with Gasteiger partial charge in [0.05, 0.1) is 18.5 Å². The van der Waals surface area contributed by atoms with Crippen molar-refractivity contribution in [2.45, 2.75) is 6.92 Å². The lowest BCUT2D eigenvalue weighted by Crippen LogP contribution is -2.25. The second-order valence-electron chi connectivity index (χ2n) is 5.97. The number of primary amides is 1. The molecule has 1 heterocycles. The van der Waals surface area contributed by atoms with Gasteiger partial charge in [0, 0.05) is 24.1 Å². The molecule has 27 heavy (non-hydrogen) atoms. The summed E-state index contributed by atoms with van der Waals surface area (Å²) in [4.78, 5) is 37.2. The number of anilines is 1. The molecule has 1 aliphatic rings. The lowest BCUT2D eigenvalue weighted by molar-refractivity contribution is -0.116. The number of rotatable bonds is 4. The van der Waals surface area contributed by atoms with E-state index >= 15 is 0 Å². The predicted molar refractivity (Wildman–Crippen MR) is 103 cm³/mol. The van der Waals surface area contributed by atoms with Gasteiger partial charge in [-0.3, -0.25) is 19.3 Å². The smallest absolute Gasteiger partial charge is 0.241 e. The van der Waals surface area contributed by atoms with Gasteiger partial charge in [-0.05, 0) is 35.9 Å². The molecule has 3 rings (SSSR count). The predicted octanol–water partition coefficient (Wildman–Crippen LogP) is 2.78. The van der Waals surface area contributed by atoms with Gasteiger partial charge in [-0.25, -0.2) is 0 Å². The molecule has 136 valence electrons. The summed E-state index contributed by atoms with van der Waals surface area (Å²) in [6.45, 7) is 1.42. The first-order chi connectivity index (χ1) is 12.9. The number of amides is 2. The fourth-order valence-corrected chi connectivity index (χ4v) is 2.98. The zero-order valence-corrected chi connectivity index (χ0v) is 14.9. The number of nitrogens with two attached hydrogens (primary N) is 1. The molecule has 0 fully saturated rings. The number of hydrogen-bond donors (Lipinski definition) is 1. The summed E-state index contributed by atoms with van der Waals surface area (Å²) in [5, 5.41) is 0. The lowest BCUT2D eigenvalue weighted by atomic mass is 10.1. The Morgan fingerprint density at radius 3 is 2.56 bits per heavy atom. The van der Waals surface area contributed by atoms with Crippen LogP contribution in [-0.2, 0) is 9.59 Å². The van der Waals surface area contributed by atoms with Crippen LogP contribution in [0.15, 0.2) is 54.2 Å². The minimum Gasteiger partial charge on any atom is -0.496 e. The van der Waals surface area contributed by atoms with Gasteiger partial charge in [0.25, 0.3) is 0 Å². The van der Waals surface area contributed by atoms with Crippen molar-refractivity contribution in [3.63, 3.8) is 0 Å². The zero-order valence-electron chi connectivity index (χ0n) is 14.9. The zero-order chi connectivity index (χ0) is 19.6. The Morgan fingerprint density at radius 2 is 1.89 bits per heavy atom. The van der Waals surface area contributed by atoms with Crippen molar-refractivity contribution in [1.82, 2.24) is 0 Å². The van der Waals surface area contributed by atoms with Crippen molar-refractivity contribution < 1.29 is 19.1 Å². The quantitative estimate of drug-likeness (QED) is 0.847. The molecule has 1 aliphatic heterocycles. The van der Waals surface area contributed by atoms with Crippen molar-refractivity contribution in [2.24, 2.45) is 5.73 Å². The van der Waals surface area contributed by atoms with Crippen molar-refractivity contribution in [1.29, 1.82) is 0 Å². The summed E-state index contributed by atoms with van der Waals surface area (Å²) in [6, 6.07) is 12.2. The molecule has 2 aromatic rings. The van der Waals surface area contributed by atoms with Crippen LogP contribution < -0.4 is 15.4 Å². The summed E-state index contributed by atoms with van der Waals surface area (Å²) in [5.74, 6) is -0.501. The van der Waals surface area contributed by atoms with E-state index in [0.29, 0.717) is 28.1 Å². The molecule has 0 spiro atoms. The normalized spacial score (nSPS) is 14.7. The van der Waals surface area contributed by atoms with Crippen LogP contribution >= 0.6 is 0 Å². The number of para-hydroxylation sites is 1. The van der Waals surface area contributed by atoms with Crippen LogP contribution in [0.5, 0.6) is 5.75 Å². The number of nitrogens with zero attached hydrogens (tertiary/aromatic N) is 1. The van der Waals surface area contributed by atoms with Gasteiger partial charge in [0.15, 0.2) is 0 Å². The number of carbonyl (C=O) groups excluding carboxylic acids is 3. The SMILES string of the molecule is COc1cc(C=C2C(=O)c3ccccc3N2C(C)=O)ccc1/C=C/C(N)=O. The Kier molecular flexibility index (Phi) is 4.90. The average Bonchev–Trinajstić information content (AvgIpc) is 2.93. The van der Waals surface area contributed by atoms with E-state index in [4.69, 9.17) is 10.5 Å². The minimum atomic E-state index is -0.560. The summed E-state index contributed by atoms with van der Waals surface area (Å²) in [5.41, 5.74) is 7.83. The number of allylic oxidation sites excluding steroid dienone is 1. The number of hydrogen-bond acceptors (Lipinski definition) is 4. The number of methoxy groups -OCH3 is 1. The molecule has 0 aliphatic carbocycles. The third-order valence-electron chi connectivity index (χ3n) is 4.17. The van der Waals surface area contributed by atoms with E-state index in [1.807, 2.05) is 0 Å². The van der Waals surface area contributed by atoms with E-state index in [9.17, 15) is 14.4 Å². The third-order valence-corrected chi connectivity index (χ3v) is 4.17. The molecule has 0 aromatic heterocycles. The van der Waals surface area contributed by atoms with Crippen molar-refractivity contribution in [3.05, 3.63) is 70.9 Å². The molecular formula is C21H18N2O4. The van der Waals surface area contributed by atoms with Crippen molar-refractivity contribution >= 4 is 35.4 Å². The van der Waals surface area contributed by atoms with Gasteiger partial charge in [-0.15, -0.1) is 0 Å². The summed E-state index contributed by atoms with van der Waals surface area (Å²) >= 11 is 0. The molecule has 2 amide bonds. The summed E-state index contributed by atoms with van der Waals surface area (Å²) < 4.78 is 5.35. The van der Waals surface area contributed by atoms with Gasteiger partial charge >= 0.3 is 0 Å². The largest absolute Gasteiger partial charge is 0.496 e. The second-order valence-corrected chi connectivity index (χ2v) is 5.97. The van der Waals surface area contributed by atoms with E-state index < -0.39 is 5.91 Å². The van der Waals surface area contributed by atoms with E-state index in [1.54, 1.807) is 54.6 Å². The van der Waals surface area contributed by atoms with Crippen LogP contribution in [0.3, 0.4) is 0 Å². The molecule has 0 unspecified atom stereocenters. The number of benzene rings is 2. The standard InChI is InChI=1S/C21H18N2O4/c1-13(24)23-17-6-4-3-5-16(17)21(26)18(23)11-14-7-8-15(9-10-20(22)25)19(12-14)27-2/h3-12H,1-2H3,(H2,22,25)/b10-9+,18-11?. The first-order valence-electron chi connectivity index (χ1n) is 8.24. The highest BCUT2D eigenvalue weighted by atomic mass is 16.5. The minimum absolute atomic E-state index is 0.211. The number of ketones is 1. The second kappa shape index (κ2) is 7.29. The fraction of sp³-hybridized carbons (Fsp3) is 0.0952. The maximum atomic E-state index is 12.8. The number of Topliss-reactive ketones (excluding diaryl/α,β-unsaturated/α-hetero) is 1. The molecule has 0 bridgehead atoms. The maximum absolute atomic E-state index is 12.8. The van der Waals surface area contributed by atoms with E-state index in [-0.39, 0.29) is 17.4 Å². The van der Waals surface area contributed by atoms with E-state index in [0.717, 1.165) is 0 Å². The number of ether oxygens (including phenoxy) is 1. The van der Waals surface area contributed by atoms with Gasteiger partial charge < -0.3 is 10.5 Å². The fourth-order valence-electron chi connectivity index (χ4n) is 2.98. The van der Waals surface area contributed by atoms with Crippen LogP contribution in [0.2, 0.25) is 0 Å². The van der Waals surface area contributed by atoms with Crippen molar-refractivity contribution in [2.75, 3.05) is 12.0 Å². The molecule has 2 aromatic carbocycles. The van der Waals surface area contributed by atoms with E-state index in [1.165, 1.54) is 25.0 Å². The Bertz CT molecular complexity index is 1000. The van der Waals surface area contributed by atoms with Crippen LogP contribution in [-0.4, -0.2) is 24.7 Å². The number of carbonyl (C=O) groups is 3. The average molecular weight is 362 g/mol. The Labute approximate surface area is 156 Å². The van der Waals surface area contributed by atoms with Gasteiger partial charge in [0.1, 0.15) is 5.75 Å². The first kappa shape index (κ1) is 18.1. The van der Waals surface area contributed by atoms with Crippen LogP contribution in [0, 0.1) is 0 Å². The third kappa shape index (κ3) is 3.50. The molecule has 6 nitrogen and oxygen atoms in total. The van der Waals surface area contributed by atoms with Crippen molar-refractivity contribution in [3.8, 4) is 5.75 Å². The van der Waals surface area contributed by atoms with Crippen LogP contribution in [0.25, 0.3) is 12.2 Å². The molecule has 0 radical (unpaired) electrons. The monoisotopic (exact) mass is 362 g/mol. The highest BCUT2D eigenvalue weighted by molar-refractivity contribution is 6.26. The Morgan fingerprint density at radius 1 is 1.15 bits per heavy atom. The molecule has 0 atom stereocenters. The molecule has 6 heteroatoms. The van der Waals surface area contributed by atoms with Crippen LogP contribution in [0.4, 0.5) is 5.69 Å². The summed E-state index contributed by atoms with van der Waals surface area (Å²) in [7, 11) is 1.51. The maximum Gasteiger partial charge on any atom is 0.241 e. The molecule has 2 N–H and O–H groups in total. The van der Waals surface area contributed by atoms with Gasteiger partial charge in [-0.2, -0.15) is 0 Å². The Balaban J connectivity index is 2.05. The van der Waals surface area contributed by atoms with Gasteiger partial charge in [0.2, 0.25) is 17.6 Å². The lowest BCUT2D eigenvalue weighted by Gasteiger charge is -2.16. The highest BCUT2D eigenvalue weighted by Gasteiger charge is 2.34. The van der Waals surface area contributed by atoms with Crippen LogP contribution in [0.1, 0.15) is 28.4 Å². The molecular weight excluding hydrogens is 344 g/mol. The summed E-state index contributed by atoms with van der Waals surface area (Å²) in [6.07, 6.45) is 4.44.